The lowest BCUT2D eigenvalue weighted by atomic mass is 10.3. The number of aromatic nitrogens is 1. The van der Waals surface area contributed by atoms with Gasteiger partial charge in [-0.3, -0.25) is 0 Å². The Labute approximate surface area is 102 Å². The minimum atomic E-state index is -0.730. The number of nitrogens with zero attached hydrogens (tertiary/aromatic N) is 1. The summed E-state index contributed by atoms with van der Waals surface area (Å²) < 4.78 is 31.0. The van der Waals surface area contributed by atoms with Crippen molar-refractivity contribution >= 4 is 11.6 Å². The summed E-state index contributed by atoms with van der Waals surface area (Å²) in [6.45, 7) is 0.146. The van der Waals surface area contributed by atoms with E-state index in [1.54, 1.807) is 12.1 Å². The van der Waals surface area contributed by atoms with E-state index in [1.165, 1.54) is 12.3 Å². The van der Waals surface area contributed by atoms with Gasteiger partial charge in [0.1, 0.15) is 17.6 Å². The van der Waals surface area contributed by atoms with Crippen molar-refractivity contribution in [2.45, 2.75) is 6.61 Å². The van der Waals surface area contributed by atoms with Gasteiger partial charge in [0.2, 0.25) is 0 Å². The molecule has 0 unspecified atom stereocenters. The highest BCUT2D eigenvalue weighted by molar-refractivity contribution is 6.29. The third kappa shape index (κ3) is 3.14. The molecule has 2 aromatic rings. The predicted octanol–water partition coefficient (Wildman–Crippen LogP) is 3.59. The van der Waals surface area contributed by atoms with Crippen molar-refractivity contribution in [3.05, 3.63) is 58.9 Å². The fraction of sp³-hybridized carbons (Fsp3) is 0.0833. The van der Waals surface area contributed by atoms with E-state index in [2.05, 4.69) is 4.98 Å². The molecular weight excluding hydrogens is 248 g/mol. The maximum absolute atomic E-state index is 13.2. The first-order chi connectivity index (χ1) is 8.15. The quantitative estimate of drug-likeness (QED) is 0.782. The van der Waals surface area contributed by atoms with Gasteiger partial charge in [-0.2, -0.15) is 0 Å². The molecule has 2 nitrogen and oxygen atoms in total. The van der Waals surface area contributed by atoms with Crippen LogP contribution in [0.4, 0.5) is 8.78 Å². The molecule has 0 aliphatic carbocycles. The topological polar surface area (TPSA) is 22.1 Å². The first-order valence-corrected chi connectivity index (χ1v) is 5.21. The molecule has 0 radical (unpaired) electrons. The van der Waals surface area contributed by atoms with Crippen LogP contribution in [0, 0.1) is 11.6 Å². The summed E-state index contributed by atoms with van der Waals surface area (Å²) in [4.78, 5) is 3.86. The number of benzene rings is 1. The fourth-order valence-electron chi connectivity index (χ4n) is 1.25. The summed E-state index contributed by atoms with van der Waals surface area (Å²) in [5.41, 5.74) is 0.748. The Morgan fingerprint density at radius 1 is 1.18 bits per heavy atom. The summed E-state index contributed by atoms with van der Waals surface area (Å²) >= 11 is 5.62. The normalized spacial score (nSPS) is 10.3. The molecule has 1 aromatic carbocycles. The summed E-state index contributed by atoms with van der Waals surface area (Å²) in [6, 6.07) is 6.49. The Morgan fingerprint density at radius 2 is 2.00 bits per heavy atom. The van der Waals surface area contributed by atoms with Crippen LogP contribution in [0.3, 0.4) is 0 Å². The highest BCUT2D eigenvalue weighted by Crippen LogP contribution is 2.19. The van der Waals surface area contributed by atoms with E-state index in [0.717, 1.165) is 17.7 Å². The van der Waals surface area contributed by atoms with Crippen LogP contribution in [-0.2, 0) is 6.61 Å². The minimum Gasteiger partial charge on any atom is -0.486 e. The molecule has 0 aliphatic heterocycles. The van der Waals surface area contributed by atoms with E-state index in [1.807, 2.05) is 0 Å². The molecule has 0 amide bonds. The molecule has 1 aromatic heterocycles. The van der Waals surface area contributed by atoms with E-state index in [-0.39, 0.29) is 12.4 Å². The molecule has 88 valence electrons. The number of hydrogen-bond donors (Lipinski definition) is 0. The molecule has 17 heavy (non-hydrogen) atoms. The first kappa shape index (κ1) is 11.8. The van der Waals surface area contributed by atoms with E-state index in [9.17, 15) is 8.78 Å². The van der Waals surface area contributed by atoms with Crippen LogP contribution in [-0.4, -0.2) is 4.98 Å². The summed E-state index contributed by atoms with van der Waals surface area (Å²) in [7, 11) is 0. The average Bonchev–Trinajstić information content (AvgIpc) is 2.30. The number of hydrogen-bond acceptors (Lipinski definition) is 2. The Morgan fingerprint density at radius 3 is 2.65 bits per heavy atom. The van der Waals surface area contributed by atoms with Gasteiger partial charge in [-0.1, -0.05) is 17.7 Å². The van der Waals surface area contributed by atoms with Gasteiger partial charge in [0.15, 0.2) is 11.6 Å². The average molecular weight is 256 g/mol. The number of halogens is 3. The number of pyridine rings is 1. The molecule has 2 rings (SSSR count). The Hall–Kier alpha value is -1.68. The van der Waals surface area contributed by atoms with E-state index in [0.29, 0.717) is 5.15 Å². The lowest BCUT2D eigenvalue weighted by Crippen LogP contribution is -1.98. The zero-order chi connectivity index (χ0) is 12.3. The van der Waals surface area contributed by atoms with E-state index < -0.39 is 11.6 Å². The standard InChI is InChI=1S/C12H8ClF2NO/c13-12-4-1-8(6-16-12)7-17-11-3-2-9(14)5-10(11)15/h1-6H,7H2. The van der Waals surface area contributed by atoms with Crippen molar-refractivity contribution in [2.24, 2.45) is 0 Å². The van der Waals surface area contributed by atoms with Gasteiger partial charge in [-0.05, 0) is 18.2 Å². The molecule has 5 heteroatoms. The van der Waals surface area contributed by atoms with Gasteiger partial charge in [0.05, 0.1) is 0 Å². The highest BCUT2D eigenvalue weighted by atomic mass is 35.5. The largest absolute Gasteiger partial charge is 0.486 e. The van der Waals surface area contributed by atoms with E-state index >= 15 is 0 Å². The minimum absolute atomic E-state index is 0.00125. The van der Waals surface area contributed by atoms with E-state index in [4.69, 9.17) is 16.3 Å². The van der Waals surface area contributed by atoms with Crippen LogP contribution in [0.5, 0.6) is 5.75 Å². The van der Waals surface area contributed by atoms with Gasteiger partial charge >= 0.3 is 0 Å². The first-order valence-electron chi connectivity index (χ1n) is 4.83. The van der Waals surface area contributed by atoms with Gasteiger partial charge in [0, 0.05) is 17.8 Å². The molecule has 0 fully saturated rings. The van der Waals surface area contributed by atoms with Gasteiger partial charge in [-0.25, -0.2) is 13.8 Å². The fourth-order valence-corrected chi connectivity index (χ4v) is 1.36. The van der Waals surface area contributed by atoms with Crippen molar-refractivity contribution in [3.63, 3.8) is 0 Å². The number of ether oxygens (including phenoxy) is 1. The van der Waals surface area contributed by atoms with Crippen LogP contribution in [0.1, 0.15) is 5.56 Å². The van der Waals surface area contributed by atoms with Crippen LogP contribution in [0.2, 0.25) is 5.15 Å². The molecule has 1 heterocycles. The summed E-state index contributed by atoms with van der Waals surface area (Å²) in [5.74, 6) is -1.36. The second-order valence-corrected chi connectivity index (χ2v) is 3.74. The third-order valence-corrected chi connectivity index (χ3v) is 2.30. The van der Waals surface area contributed by atoms with Gasteiger partial charge < -0.3 is 4.74 Å². The Kier molecular flexibility index (Phi) is 3.54. The van der Waals surface area contributed by atoms with Crippen LogP contribution < -0.4 is 4.74 Å². The van der Waals surface area contributed by atoms with Crippen molar-refractivity contribution in [1.82, 2.24) is 4.98 Å². The summed E-state index contributed by atoms with van der Waals surface area (Å²) in [5, 5.41) is 0.377. The van der Waals surface area contributed by atoms with Gasteiger partial charge in [-0.15, -0.1) is 0 Å². The number of rotatable bonds is 3. The molecule has 0 bridgehead atoms. The zero-order valence-electron chi connectivity index (χ0n) is 8.66. The maximum Gasteiger partial charge on any atom is 0.167 e. The van der Waals surface area contributed by atoms with Crippen molar-refractivity contribution in [3.8, 4) is 5.75 Å². The molecule has 0 N–H and O–H groups in total. The van der Waals surface area contributed by atoms with Gasteiger partial charge in [0.25, 0.3) is 0 Å². The SMILES string of the molecule is Fc1ccc(OCc2ccc(Cl)nc2)c(F)c1. The van der Waals surface area contributed by atoms with Crippen molar-refractivity contribution in [2.75, 3.05) is 0 Å². The maximum atomic E-state index is 13.2. The molecule has 0 spiro atoms. The molecule has 0 saturated carbocycles. The van der Waals surface area contributed by atoms with Crippen LogP contribution in [0.25, 0.3) is 0 Å². The second kappa shape index (κ2) is 5.10. The highest BCUT2D eigenvalue weighted by Gasteiger charge is 2.05. The smallest absolute Gasteiger partial charge is 0.167 e. The van der Waals surface area contributed by atoms with Crippen LogP contribution in [0.15, 0.2) is 36.5 Å². The molecule has 0 atom stereocenters. The summed E-state index contributed by atoms with van der Waals surface area (Å²) in [6.07, 6.45) is 1.53. The van der Waals surface area contributed by atoms with Crippen molar-refractivity contribution in [1.29, 1.82) is 0 Å². The second-order valence-electron chi connectivity index (χ2n) is 3.35. The molecule has 0 aliphatic rings. The predicted molar refractivity (Wildman–Crippen MR) is 59.9 cm³/mol. The third-order valence-electron chi connectivity index (χ3n) is 2.08. The van der Waals surface area contributed by atoms with Crippen LogP contribution >= 0.6 is 11.6 Å². The van der Waals surface area contributed by atoms with Crippen molar-refractivity contribution < 1.29 is 13.5 Å². The Balaban J connectivity index is 2.04. The monoisotopic (exact) mass is 255 g/mol. The lowest BCUT2D eigenvalue weighted by Gasteiger charge is -2.06. The molecule has 0 saturated heterocycles. The lowest BCUT2D eigenvalue weighted by molar-refractivity contribution is 0.289. The Bertz CT molecular complexity index is 516. The zero-order valence-corrected chi connectivity index (χ0v) is 9.42. The molecular formula is C12H8ClF2NO.